The molecule has 0 saturated carbocycles. The van der Waals surface area contributed by atoms with Gasteiger partial charge in [-0.15, -0.1) is 0 Å². The summed E-state index contributed by atoms with van der Waals surface area (Å²) in [4.78, 5) is 153. The minimum absolute atomic E-state index is 0.0367. The van der Waals surface area contributed by atoms with Gasteiger partial charge in [0.05, 0.1) is 12.6 Å². The van der Waals surface area contributed by atoms with E-state index >= 15 is 0 Å². The first-order chi connectivity index (χ1) is 39.9. The number of guanidine groups is 1. The quantitative estimate of drug-likeness (QED) is 0.0296. The van der Waals surface area contributed by atoms with Crippen LogP contribution in [0.4, 0.5) is 0 Å². The fourth-order valence-corrected chi connectivity index (χ4v) is 12.0. The predicted molar refractivity (Wildman–Crippen MR) is 312 cm³/mol. The molecule has 26 nitrogen and oxygen atoms in total. The van der Waals surface area contributed by atoms with Crippen molar-refractivity contribution >= 4 is 76.0 Å². The SMILES string of the molecule is CC(C)C[C@H](NC(=O)[C@@H]1CCCN1C(=O)[C@H](Cc1c[nH]c2ccccc12)NC(=O)[C@H](CCCN=C(N)N)NC(=O)[C@H](CO)NC(=O)[C@@H]1CCCN1C(=O)[C@H](CC(C)C)NC(=O)[C@@H]1CCCN1C(=O)[C@@H]1CCCN1C(=O)[C@@H](N)CC(C)C)C(=O)O. The highest BCUT2D eigenvalue weighted by Gasteiger charge is 2.46. The summed E-state index contributed by atoms with van der Waals surface area (Å²) in [6, 6.07) is -3.94. The lowest BCUT2D eigenvalue weighted by molar-refractivity contribution is -0.148. The number of carbonyl (C=O) groups excluding carboxylic acids is 9. The van der Waals surface area contributed by atoms with Gasteiger partial charge in [-0.25, -0.2) is 4.79 Å². The molecule has 4 aliphatic rings. The summed E-state index contributed by atoms with van der Waals surface area (Å²) < 4.78 is 0. The molecule has 6 rings (SSSR count). The summed E-state index contributed by atoms with van der Waals surface area (Å²) in [6.07, 6.45) is 5.64. The number of H-pyrrole nitrogens is 1. The van der Waals surface area contributed by atoms with E-state index in [-0.39, 0.29) is 107 Å². The molecule has 0 bridgehead atoms. The lowest BCUT2D eigenvalue weighted by atomic mass is 10.0. The highest BCUT2D eigenvalue weighted by molar-refractivity contribution is 5.99. The Morgan fingerprint density at radius 3 is 1.61 bits per heavy atom. The molecule has 10 atom stereocenters. The maximum absolute atomic E-state index is 14.8. The van der Waals surface area contributed by atoms with Crippen LogP contribution in [0.2, 0.25) is 0 Å². The van der Waals surface area contributed by atoms with Gasteiger partial charge in [0.1, 0.15) is 54.4 Å². The first-order valence-corrected chi connectivity index (χ1v) is 29.8. The van der Waals surface area contributed by atoms with Gasteiger partial charge in [0.15, 0.2) is 5.96 Å². The number of fused-ring (bicyclic) bond motifs is 1. The van der Waals surface area contributed by atoms with Gasteiger partial charge < -0.3 is 78.6 Å². The number of carboxylic acid groups (broad SMARTS) is 1. The van der Waals surface area contributed by atoms with Crippen molar-refractivity contribution < 1.29 is 58.2 Å². The average Bonchev–Trinajstić information content (AvgIpc) is 4.35. The Balaban J connectivity index is 1.16. The van der Waals surface area contributed by atoms with Crippen LogP contribution in [0.5, 0.6) is 0 Å². The minimum Gasteiger partial charge on any atom is -0.480 e. The molecular weight excluding hydrogens is 1080 g/mol. The lowest BCUT2D eigenvalue weighted by Crippen LogP contribution is -2.61. The van der Waals surface area contributed by atoms with E-state index in [0.717, 1.165) is 10.9 Å². The van der Waals surface area contributed by atoms with Gasteiger partial charge in [0.25, 0.3) is 0 Å². The van der Waals surface area contributed by atoms with E-state index in [4.69, 9.17) is 17.2 Å². The van der Waals surface area contributed by atoms with Crippen molar-refractivity contribution in [3.63, 3.8) is 0 Å². The van der Waals surface area contributed by atoms with E-state index in [1.807, 2.05) is 65.8 Å². The van der Waals surface area contributed by atoms with Crippen LogP contribution < -0.4 is 43.8 Å². The third-order valence-electron chi connectivity index (χ3n) is 16.1. The van der Waals surface area contributed by atoms with Gasteiger partial charge in [-0.3, -0.25) is 48.1 Å². The summed E-state index contributed by atoms with van der Waals surface area (Å²) in [5.74, 6) is -7.00. The van der Waals surface area contributed by atoms with Gasteiger partial charge >= 0.3 is 5.97 Å². The van der Waals surface area contributed by atoms with Crippen molar-refractivity contribution in [2.24, 2.45) is 39.9 Å². The number of aromatic nitrogens is 1. The fourth-order valence-electron chi connectivity index (χ4n) is 12.0. The molecule has 4 saturated heterocycles. The van der Waals surface area contributed by atoms with Crippen LogP contribution >= 0.6 is 0 Å². The van der Waals surface area contributed by atoms with Crippen molar-refractivity contribution in [2.45, 2.75) is 192 Å². The summed E-state index contributed by atoms with van der Waals surface area (Å²) in [7, 11) is 0. The molecule has 2 aromatic rings. The summed E-state index contributed by atoms with van der Waals surface area (Å²) in [5, 5.41) is 34.8. The molecule has 26 heteroatoms. The van der Waals surface area contributed by atoms with Crippen LogP contribution in [0.1, 0.15) is 131 Å². The monoisotopic (exact) mass is 1170 g/mol. The third-order valence-corrected chi connectivity index (χ3v) is 16.1. The largest absolute Gasteiger partial charge is 0.480 e. The van der Waals surface area contributed by atoms with Crippen LogP contribution in [0.25, 0.3) is 10.9 Å². The average molecular weight is 1180 g/mol. The molecule has 0 unspecified atom stereocenters. The number of benzene rings is 1. The number of aliphatic hydroxyl groups is 1. The van der Waals surface area contributed by atoms with Crippen LogP contribution in [0, 0.1) is 17.8 Å². The van der Waals surface area contributed by atoms with Gasteiger partial charge in [-0.05, 0) is 113 Å². The van der Waals surface area contributed by atoms with E-state index in [1.54, 1.807) is 6.20 Å². The maximum Gasteiger partial charge on any atom is 0.326 e. The van der Waals surface area contributed by atoms with E-state index in [2.05, 4.69) is 36.6 Å². The number of rotatable bonds is 28. The number of nitrogens with one attached hydrogen (secondary N) is 6. The standard InChI is InChI=1S/C58H90N14O12/c1-32(2)26-37(59)53(79)72-25-13-20-47(72)56(82)71-24-12-19-46(71)50(76)66-40(27-33(3)4)54(80)69-22-11-18-45(69)52(78)68-43(31-73)49(75)64-39(16-9-21-62-58(60)61)48(74)65-41(29-35-30-63-38-15-8-7-14-36(35)38)55(81)70-23-10-17-44(70)51(77)67-42(57(83)84)28-34(5)6/h7-8,14-15,30,32-34,37,39-47,63,73H,9-13,16-29,31,59H2,1-6H3,(H,64,75)(H,65,74)(H,66,76)(H,67,77)(H,68,78)(H,83,84)(H4,60,61,62)/t37-,39-,40-,41-,42-,43-,44-,45-,46-,47-/m0/s1. The number of aliphatic imine (C=N–C) groups is 1. The van der Waals surface area contributed by atoms with Crippen molar-refractivity contribution in [1.29, 1.82) is 0 Å². The second-order valence-corrected chi connectivity index (χ2v) is 24.1. The second kappa shape index (κ2) is 30.5. The van der Waals surface area contributed by atoms with E-state index in [1.165, 1.54) is 19.6 Å². The minimum atomic E-state index is -1.64. The summed E-state index contributed by atoms with van der Waals surface area (Å²) in [6.45, 7) is 11.4. The van der Waals surface area contributed by atoms with Crippen molar-refractivity contribution in [1.82, 2.24) is 51.2 Å². The number of hydrogen-bond donors (Lipinski definition) is 11. The van der Waals surface area contributed by atoms with E-state index in [9.17, 15) is 58.2 Å². The second-order valence-electron chi connectivity index (χ2n) is 24.1. The van der Waals surface area contributed by atoms with Crippen LogP contribution in [-0.4, -0.2) is 200 Å². The highest BCUT2D eigenvalue weighted by Crippen LogP contribution is 2.28. The number of amides is 9. The molecule has 1 aromatic heterocycles. The number of aliphatic hydroxyl groups excluding tert-OH is 1. The number of nitrogens with two attached hydrogens (primary N) is 3. The van der Waals surface area contributed by atoms with Gasteiger partial charge in [0.2, 0.25) is 53.2 Å². The normalized spacial score (nSPS) is 21.0. The van der Waals surface area contributed by atoms with Crippen LogP contribution in [-0.2, 0) is 54.4 Å². The topological polar surface area (TPSA) is 390 Å². The van der Waals surface area contributed by atoms with Crippen molar-refractivity contribution in [3.05, 3.63) is 36.0 Å². The number of para-hydroxylation sites is 1. The van der Waals surface area contributed by atoms with Gasteiger partial charge in [0, 0.05) is 56.2 Å². The van der Waals surface area contributed by atoms with Crippen molar-refractivity contribution in [3.8, 4) is 0 Å². The molecule has 9 amide bonds. The molecule has 84 heavy (non-hydrogen) atoms. The number of nitrogens with zero attached hydrogens (tertiary/aromatic N) is 5. The Bertz CT molecular complexity index is 2710. The van der Waals surface area contributed by atoms with Gasteiger partial charge in [-0.1, -0.05) is 59.7 Å². The smallest absolute Gasteiger partial charge is 0.326 e. The summed E-state index contributed by atoms with van der Waals surface area (Å²) >= 11 is 0. The maximum atomic E-state index is 14.8. The molecule has 14 N–H and O–H groups in total. The van der Waals surface area contributed by atoms with Gasteiger partial charge in [-0.2, -0.15) is 0 Å². The Kier molecular flexibility index (Phi) is 23.9. The zero-order valence-corrected chi connectivity index (χ0v) is 49.5. The third kappa shape index (κ3) is 17.2. The first-order valence-electron chi connectivity index (χ1n) is 29.8. The molecular formula is C58H90N14O12. The zero-order valence-electron chi connectivity index (χ0n) is 49.5. The molecule has 0 aliphatic carbocycles. The first kappa shape index (κ1) is 65.8. The van der Waals surface area contributed by atoms with Crippen molar-refractivity contribution in [2.75, 3.05) is 39.3 Å². The van der Waals surface area contributed by atoms with Crippen LogP contribution in [0.3, 0.4) is 0 Å². The summed E-state index contributed by atoms with van der Waals surface area (Å²) in [5.41, 5.74) is 18.8. The fraction of sp³-hybridized carbons (Fsp3) is 0.672. The van der Waals surface area contributed by atoms with E-state index < -0.39 is 114 Å². The molecule has 4 fully saturated rings. The predicted octanol–water partition coefficient (Wildman–Crippen LogP) is -0.306. The number of likely N-dealkylation sites (tertiary alicyclic amines) is 4. The number of aliphatic carboxylic acids is 1. The lowest BCUT2D eigenvalue weighted by Gasteiger charge is -2.34. The Hall–Kier alpha value is -7.35. The number of carboxylic acids is 1. The number of aromatic amines is 1. The van der Waals surface area contributed by atoms with E-state index in [0.29, 0.717) is 57.1 Å². The molecule has 464 valence electrons. The molecule has 0 radical (unpaired) electrons. The molecule has 5 heterocycles. The zero-order chi connectivity index (χ0) is 61.5. The molecule has 0 spiro atoms. The Labute approximate surface area is 490 Å². The number of carbonyl (C=O) groups is 10. The highest BCUT2D eigenvalue weighted by atomic mass is 16.4. The van der Waals surface area contributed by atoms with Crippen LogP contribution in [0.15, 0.2) is 35.5 Å². The Morgan fingerprint density at radius 1 is 0.595 bits per heavy atom. The molecule has 4 aliphatic heterocycles. The Morgan fingerprint density at radius 2 is 1.06 bits per heavy atom. The molecule has 1 aromatic carbocycles. The number of hydrogen-bond acceptors (Lipinski definition) is 13.